The number of rotatable bonds is 5. The summed E-state index contributed by atoms with van der Waals surface area (Å²) in [4.78, 5) is 15.5. The van der Waals surface area contributed by atoms with Crippen molar-refractivity contribution in [2.75, 3.05) is 0 Å². The van der Waals surface area contributed by atoms with Crippen LogP contribution >= 0.6 is 0 Å². The highest BCUT2D eigenvalue weighted by molar-refractivity contribution is 6.17. The minimum Gasteiger partial charge on any atom is -0.456 e. The van der Waals surface area contributed by atoms with Crippen molar-refractivity contribution in [1.29, 1.82) is 0 Å². The predicted octanol–water partition coefficient (Wildman–Crippen LogP) is 14.1. The molecule has 57 heavy (non-hydrogen) atoms. The Morgan fingerprint density at radius 3 is 1.68 bits per heavy atom. The zero-order valence-corrected chi connectivity index (χ0v) is 30.6. The van der Waals surface area contributed by atoms with E-state index in [1.807, 2.05) is 36.4 Å². The van der Waals surface area contributed by atoms with Crippen LogP contribution in [-0.4, -0.2) is 15.0 Å². The van der Waals surface area contributed by atoms with Gasteiger partial charge in [0.25, 0.3) is 0 Å². The van der Waals surface area contributed by atoms with Crippen LogP contribution in [0.4, 0.5) is 0 Å². The second-order valence-electron chi connectivity index (χ2n) is 14.7. The number of furan rings is 1. The lowest BCUT2D eigenvalue weighted by molar-refractivity contribution is 0.669. The van der Waals surface area contributed by atoms with Gasteiger partial charge in [-0.2, -0.15) is 0 Å². The molecule has 2 heterocycles. The lowest BCUT2D eigenvalue weighted by Gasteiger charge is -2.13. The zero-order valence-electron chi connectivity index (χ0n) is 30.6. The molecule has 2 aromatic heterocycles. The lowest BCUT2D eigenvalue weighted by Crippen LogP contribution is -2.00. The fraction of sp³-hybridized carbons (Fsp3) is 0. The molecule has 0 spiro atoms. The molecule has 4 heteroatoms. The Labute approximate surface area is 328 Å². The first-order valence-corrected chi connectivity index (χ1v) is 19.3. The van der Waals surface area contributed by atoms with Crippen LogP contribution in [0.2, 0.25) is 0 Å². The number of fused-ring (bicyclic) bond motifs is 7. The smallest absolute Gasteiger partial charge is 0.164 e. The van der Waals surface area contributed by atoms with Crippen molar-refractivity contribution in [1.82, 2.24) is 15.0 Å². The van der Waals surface area contributed by atoms with Gasteiger partial charge < -0.3 is 4.42 Å². The maximum Gasteiger partial charge on any atom is 0.164 e. The summed E-state index contributed by atoms with van der Waals surface area (Å²) in [7, 11) is 0. The van der Waals surface area contributed by atoms with E-state index >= 15 is 0 Å². The number of para-hydroxylation sites is 1. The molecule has 1 aliphatic carbocycles. The second kappa shape index (κ2) is 12.4. The number of aromatic nitrogens is 3. The van der Waals surface area contributed by atoms with Gasteiger partial charge in [-0.1, -0.05) is 158 Å². The molecule has 0 atom stereocenters. The highest BCUT2D eigenvalue weighted by Gasteiger charge is 2.22. The molecule has 9 aromatic carbocycles. The molecule has 11 aromatic rings. The van der Waals surface area contributed by atoms with Crippen molar-refractivity contribution in [3.05, 3.63) is 188 Å². The molecule has 4 nitrogen and oxygen atoms in total. The lowest BCUT2D eigenvalue weighted by atomic mass is 9.93. The van der Waals surface area contributed by atoms with Gasteiger partial charge in [-0.15, -0.1) is 0 Å². The van der Waals surface area contributed by atoms with Crippen molar-refractivity contribution < 1.29 is 4.42 Å². The van der Waals surface area contributed by atoms with Gasteiger partial charge in [-0.3, -0.25) is 0 Å². The first-order valence-electron chi connectivity index (χ1n) is 19.3. The van der Waals surface area contributed by atoms with E-state index in [1.165, 1.54) is 33.0 Å². The van der Waals surface area contributed by atoms with Crippen molar-refractivity contribution in [3.63, 3.8) is 0 Å². The molecule has 0 aliphatic heterocycles. The van der Waals surface area contributed by atoms with Gasteiger partial charge in [-0.25, -0.2) is 15.0 Å². The summed E-state index contributed by atoms with van der Waals surface area (Å²) in [6.07, 6.45) is 0. The molecule has 0 fully saturated rings. The van der Waals surface area contributed by atoms with Gasteiger partial charge in [0.15, 0.2) is 17.5 Å². The van der Waals surface area contributed by atoms with Crippen molar-refractivity contribution >= 4 is 43.5 Å². The van der Waals surface area contributed by atoms with Gasteiger partial charge in [0.2, 0.25) is 0 Å². The van der Waals surface area contributed by atoms with Crippen LogP contribution in [0.5, 0.6) is 0 Å². The van der Waals surface area contributed by atoms with Crippen LogP contribution in [0.25, 0.3) is 122 Å². The molecule has 0 radical (unpaired) electrons. The third-order valence-corrected chi connectivity index (χ3v) is 11.5. The van der Waals surface area contributed by atoms with Gasteiger partial charge in [0.1, 0.15) is 11.2 Å². The Hall–Kier alpha value is -7.69. The highest BCUT2D eigenvalue weighted by atomic mass is 16.3. The van der Waals surface area contributed by atoms with Crippen LogP contribution in [0, 0.1) is 0 Å². The standard InChI is InChI=1S/C53H31N3O/c1-2-13-32(14-3-1)51-54-52(35-17-8-15-33(29-35)36-30-34-16-9-24-42-38-18-4-5-19-41(38)46(31-36)49(34)42)56-53(55-51)44-26-11-21-37-39(22-10-23-40(37)44)43-25-12-28-48-50(43)45-20-6-7-27-47(45)57-48/h1-31H. The topological polar surface area (TPSA) is 51.8 Å². The Kier molecular flexibility index (Phi) is 6.89. The van der Waals surface area contributed by atoms with E-state index in [2.05, 4.69) is 152 Å². The van der Waals surface area contributed by atoms with E-state index < -0.39 is 0 Å². The molecular formula is C53H31N3O. The van der Waals surface area contributed by atoms with E-state index in [9.17, 15) is 0 Å². The van der Waals surface area contributed by atoms with E-state index in [0.717, 1.165) is 71.7 Å². The van der Waals surface area contributed by atoms with E-state index in [1.54, 1.807) is 0 Å². The fourth-order valence-electron chi connectivity index (χ4n) is 8.90. The number of hydrogen-bond acceptors (Lipinski definition) is 4. The average Bonchev–Trinajstić information content (AvgIpc) is 3.83. The van der Waals surface area contributed by atoms with Gasteiger partial charge in [0, 0.05) is 27.5 Å². The summed E-state index contributed by atoms with van der Waals surface area (Å²) in [5, 5.41) is 6.97. The van der Waals surface area contributed by atoms with Crippen LogP contribution in [0.1, 0.15) is 0 Å². The maximum absolute atomic E-state index is 6.29. The molecule has 0 N–H and O–H groups in total. The summed E-state index contributed by atoms with van der Waals surface area (Å²) in [5.41, 5.74) is 14.3. The van der Waals surface area contributed by atoms with E-state index in [4.69, 9.17) is 19.4 Å². The summed E-state index contributed by atoms with van der Waals surface area (Å²) < 4.78 is 6.29. The van der Waals surface area contributed by atoms with Gasteiger partial charge in [-0.05, 0) is 96.4 Å². The Morgan fingerprint density at radius 2 is 0.825 bits per heavy atom. The first kappa shape index (κ1) is 31.6. The van der Waals surface area contributed by atoms with Crippen LogP contribution in [-0.2, 0) is 0 Å². The molecule has 0 amide bonds. The van der Waals surface area contributed by atoms with Crippen LogP contribution in [0.15, 0.2) is 192 Å². The molecule has 0 unspecified atom stereocenters. The molecule has 0 saturated carbocycles. The van der Waals surface area contributed by atoms with E-state index in [0.29, 0.717) is 17.5 Å². The van der Waals surface area contributed by atoms with Gasteiger partial charge in [0.05, 0.1) is 0 Å². The molecule has 12 rings (SSSR count). The van der Waals surface area contributed by atoms with E-state index in [-0.39, 0.29) is 0 Å². The molecule has 0 saturated heterocycles. The van der Waals surface area contributed by atoms with Crippen LogP contribution in [0.3, 0.4) is 0 Å². The summed E-state index contributed by atoms with van der Waals surface area (Å²) >= 11 is 0. The normalized spacial score (nSPS) is 11.9. The number of hydrogen-bond donors (Lipinski definition) is 0. The zero-order chi connectivity index (χ0) is 37.5. The highest BCUT2D eigenvalue weighted by Crippen LogP contribution is 2.49. The fourth-order valence-corrected chi connectivity index (χ4v) is 8.90. The SMILES string of the molecule is c1ccc(-c2nc(-c3cccc(-c4cc5c6c(cccc6c4)-c4ccccc4-5)c3)nc(-c3cccc4c(-c5cccc6oc7ccccc7c56)cccc34)n2)cc1. The molecular weight excluding hydrogens is 695 g/mol. The minimum absolute atomic E-state index is 0.626. The Balaban J connectivity index is 1.03. The van der Waals surface area contributed by atoms with Crippen molar-refractivity contribution in [3.8, 4) is 78.7 Å². The monoisotopic (exact) mass is 725 g/mol. The number of benzene rings is 9. The molecule has 0 bridgehead atoms. The van der Waals surface area contributed by atoms with Gasteiger partial charge >= 0.3 is 0 Å². The third-order valence-electron chi connectivity index (χ3n) is 11.5. The average molecular weight is 726 g/mol. The van der Waals surface area contributed by atoms with Crippen molar-refractivity contribution in [2.24, 2.45) is 0 Å². The Bertz CT molecular complexity index is 3420. The van der Waals surface area contributed by atoms with Crippen molar-refractivity contribution in [2.45, 2.75) is 0 Å². The molecule has 1 aliphatic rings. The summed E-state index contributed by atoms with van der Waals surface area (Å²) in [6, 6.07) is 66.2. The summed E-state index contributed by atoms with van der Waals surface area (Å²) in [5.74, 6) is 1.88. The second-order valence-corrected chi connectivity index (χ2v) is 14.7. The summed E-state index contributed by atoms with van der Waals surface area (Å²) in [6.45, 7) is 0. The maximum atomic E-state index is 6.29. The minimum atomic E-state index is 0.626. The Morgan fingerprint density at radius 1 is 0.281 bits per heavy atom. The quantitative estimate of drug-likeness (QED) is 0.177. The molecule has 264 valence electrons. The number of nitrogens with zero attached hydrogens (tertiary/aromatic N) is 3. The largest absolute Gasteiger partial charge is 0.456 e. The van der Waals surface area contributed by atoms with Crippen LogP contribution < -0.4 is 0 Å². The third kappa shape index (κ3) is 4.98. The predicted molar refractivity (Wildman–Crippen MR) is 234 cm³/mol. The first-order chi connectivity index (χ1) is 28.2.